The number of benzene rings is 2. The monoisotopic (exact) mass is 383 g/mol. The molecule has 1 N–H and O–H groups in total. The van der Waals surface area contributed by atoms with Gasteiger partial charge in [-0.15, -0.1) is 0 Å². The Morgan fingerprint density at radius 1 is 1.18 bits per heavy atom. The van der Waals surface area contributed by atoms with E-state index < -0.39 is 17.5 Å². The van der Waals surface area contributed by atoms with Crippen LogP contribution in [0.1, 0.15) is 30.6 Å². The van der Waals surface area contributed by atoms with Gasteiger partial charge < -0.3 is 9.88 Å². The zero-order chi connectivity index (χ0) is 20.1. The van der Waals surface area contributed by atoms with E-state index in [1.54, 1.807) is 36.8 Å². The van der Waals surface area contributed by atoms with Crippen LogP contribution >= 0.6 is 0 Å². The van der Waals surface area contributed by atoms with Gasteiger partial charge in [-0.2, -0.15) is 0 Å². The molecule has 0 saturated heterocycles. The normalized spacial score (nSPS) is 13.1. The smallest absolute Gasteiger partial charge is 0.254 e. The van der Waals surface area contributed by atoms with Crippen molar-refractivity contribution in [1.29, 1.82) is 0 Å². The van der Waals surface area contributed by atoms with Gasteiger partial charge in [0.2, 0.25) is 0 Å². The highest BCUT2D eigenvalue weighted by Gasteiger charge is 2.22. The van der Waals surface area contributed by atoms with Crippen molar-refractivity contribution in [3.63, 3.8) is 0 Å². The van der Waals surface area contributed by atoms with Crippen LogP contribution in [0.5, 0.6) is 0 Å². The molecule has 0 bridgehead atoms. The topological polar surface area (TPSA) is 46.9 Å². The molecule has 0 aliphatic carbocycles. The number of hydrogen-bond donors (Lipinski definition) is 1. The van der Waals surface area contributed by atoms with Gasteiger partial charge in [-0.25, -0.2) is 13.8 Å². The Morgan fingerprint density at radius 3 is 2.61 bits per heavy atom. The summed E-state index contributed by atoms with van der Waals surface area (Å²) < 4.78 is 30.5. The molecule has 1 heterocycles. The van der Waals surface area contributed by atoms with Crippen molar-refractivity contribution >= 4 is 5.91 Å². The summed E-state index contributed by atoms with van der Waals surface area (Å²) in [6.45, 7) is 4.64. The van der Waals surface area contributed by atoms with Crippen LogP contribution in [0.15, 0.2) is 61.2 Å². The van der Waals surface area contributed by atoms with E-state index >= 15 is 0 Å². The van der Waals surface area contributed by atoms with Gasteiger partial charge in [0.1, 0.15) is 11.6 Å². The maximum absolute atomic E-state index is 14.6. The third kappa shape index (κ3) is 4.44. The molecule has 0 spiro atoms. The summed E-state index contributed by atoms with van der Waals surface area (Å²) in [5.74, 6) is -1.39. The second-order valence-corrected chi connectivity index (χ2v) is 6.90. The molecule has 1 aromatic heterocycles. The van der Waals surface area contributed by atoms with E-state index in [0.717, 1.165) is 6.42 Å². The maximum atomic E-state index is 14.6. The molecule has 6 heteroatoms. The van der Waals surface area contributed by atoms with Gasteiger partial charge in [-0.05, 0) is 29.7 Å². The summed E-state index contributed by atoms with van der Waals surface area (Å²) in [7, 11) is 0. The van der Waals surface area contributed by atoms with E-state index in [0.29, 0.717) is 17.7 Å². The van der Waals surface area contributed by atoms with Gasteiger partial charge in [0.25, 0.3) is 5.91 Å². The number of hydrogen-bond acceptors (Lipinski definition) is 2. The molecule has 2 atom stereocenters. The first-order valence-corrected chi connectivity index (χ1v) is 9.30. The minimum atomic E-state index is -0.677. The minimum Gasteiger partial charge on any atom is -0.347 e. The zero-order valence-corrected chi connectivity index (χ0v) is 15.9. The van der Waals surface area contributed by atoms with Crippen LogP contribution in [0.4, 0.5) is 8.78 Å². The molecule has 0 aliphatic heterocycles. The number of halogens is 2. The molecule has 2 aromatic carbocycles. The second kappa shape index (κ2) is 8.78. The number of carbonyl (C=O) groups is 1. The van der Waals surface area contributed by atoms with Gasteiger partial charge in [0, 0.05) is 30.5 Å². The van der Waals surface area contributed by atoms with E-state index in [1.165, 1.54) is 18.2 Å². The summed E-state index contributed by atoms with van der Waals surface area (Å²) in [6, 6.07) is 10.1. The van der Waals surface area contributed by atoms with E-state index in [4.69, 9.17) is 0 Å². The SMILES string of the molecule is CC[C@H](C)[C@@H](Cn1ccnc1)NC(=O)c1ccc(-c2ccccc2F)cc1F. The summed E-state index contributed by atoms with van der Waals surface area (Å²) in [4.78, 5) is 16.7. The average Bonchev–Trinajstić information content (AvgIpc) is 3.20. The van der Waals surface area contributed by atoms with E-state index in [9.17, 15) is 13.6 Å². The highest BCUT2D eigenvalue weighted by molar-refractivity contribution is 5.95. The molecule has 0 saturated carbocycles. The van der Waals surface area contributed by atoms with Crippen LogP contribution in [-0.2, 0) is 6.54 Å². The van der Waals surface area contributed by atoms with Crippen LogP contribution in [0, 0.1) is 17.6 Å². The highest BCUT2D eigenvalue weighted by Crippen LogP contribution is 2.24. The van der Waals surface area contributed by atoms with E-state index in [1.807, 2.05) is 24.6 Å². The molecule has 4 nitrogen and oxygen atoms in total. The van der Waals surface area contributed by atoms with Crippen LogP contribution in [0.3, 0.4) is 0 Å². The Hall–Kier alpha value is -3.02. The third-order valence-electron chi connectivity index (χ3n) is 5.01. The van der Waals surface area contributed by atoms with Crippen LogP contribution < -0.4 is 5.32 Å². The maximum Gasteiger partial charge on any atom is 0.254 e. The fraction of sp³-hybridized carbons (Fsp3) is 0.273. The van der Waals surface area contributed by atoms with Crippen molar-refractivity contribution in [1.82, 2.24) is 14.9 Å². The lowest BCUT2D eigenvalue weighted by Crippen LogP contribution is -2.42. The lowest BCUT2D eigenvalue weighted by Gasteiger charge is -2.25. The van der Waals surface area contributed by atoms with Crippen LogP contribution in [0.25, 0.3) is 11.1 Å². The first-order chi connectivity index (χ1) is 13.5. The third-order valence-corrected chi connectivity index (χ3v) is 5.01. The molecular weight excluding hydrogens is 360 g/mol. The standard InChI is InChI=1S/C22H23F2N3O/c1-3-15(2)21(13-27-11-10-25-14-27)26-22(28)18-9-8-16(12-20(18)24)17-6-4-5-7-19(17)23/h4-12,14-15,21H,3,13H2,1-2H3,(H,26,28)/t15-,21+/m0/s1. The Labute approximate surface area is 163 Å². The predicted octanol–water partition coefficient (Wildman–Crippen LogP) is 4.67. The number of carbonyl (C=O) groups excluding carboxylic acids is 1. The second-order valence-electron chi connectivity index (χ2n) is 6.90. The quantitative estimate of drug-likeness (QED) is 0.644. The fourth-order valence-corrected chi connectivity index (χ4v) is 3.08. The molecule has 3 rings (SSSR count). The van der Waals surface area contributed by atoms with Gasteiger partial charge in [-0.3, -0.25) is 4.79 Å². The van der Waals surface area contributed by atoms with Crippen molar-refractivity contribution in [3.05, 3.63) is 78.4 Å². The van der Waals surface area contributed by atoms with Crippen LogP contribution in [-0.4, -0.2) is 21.5 Å². The first-order valence-electron chi connectivity index (χ1n) is 9.30. The molecule has 0 unspecified atom stereocenters. The number of aromatic nitrogens is 2. The molecule has 28 heavy (non-hydrogen) atoms. The Morgan fingerprint density at radius 2 is 1.96 bits per heavy atom. The number of nitrogens with one attached hydrogen (secondary N) is 1. The van der Waals surface area contributed by atoms with Gasteiger partial charge >= 0.3 is 0 Å². The van der Waals surface area contributed by atoms with Crippen molar-refractivity contribution in [2.24, 2.45) is 5.92 Å². The zero-order valence-electron chi connectivity index (χ0n) is 15.9. The Bertz CT molecular complexity index is 941. The largest absolute Gasteiger partial charge is 0.347 e. The lowest BCUT2D eigenvalue weighted by atomic mass is 9.98. The molecule has 1 amide bonds. The van der Waals surface area contributed by atoms with E-state index in [2.05, 4.69) is 10.3 Å². The molecule has 3 aromatic rings. The van der Waals surface area contributed by atoms with Crippen molar-refractivity contribution in [2.45, 2.75) is 32.9 Å². The van der Waals surface area contributed by atoms with Crippen molar-refractivity contribution in [2.75, 3.05) is 0 Å². The van der Waals surface area contributed by atoms with Gasteiger partial charge in [0.15, 0.2) is 0 Å². The Balaban J connectivity index is 1.80. The van der Waals surface area contributed by atoms with Crippen LogP contribution in [0.2, 0.25) is 0 Å². The highest BCUT2D eigenvalue weighted by atomic mass is 19.1. The molecule has 0 radical (unpaired) electrons. The van der Waals surface area contributed by atoms with Crippen molar-refractivity contribution < 1.29 is 13.6 Å². The first kappa shape index (κ1) is 19.7. The lowest BCUT2D eigenvalue weighted by molar-refractivity contribution is 0.0913. The van der Waals surface area contributed by atoms with Gasteiger partial charge in [-0.1, -0.05) is 44.5 Å². The number of rotatable bonds is 7. The molecule has 146 valence electrons. The fourth-order valence-electron chi connectivity index (χ4n) is 3.08. The van der Waals surface area contributed by atoms with Crippen molar-refractivity contribution in [3.8, 4) is 11.1 Å². The Kier molecular flexibility index (Phi) is 6.19. The molecule has 0 fully saturated rings. The minimum absolute atomic E-state index is 0.0565. The molecular formula is C22H23F2N3O. The average molecular weight is 383 g/mol. The summed E-state index contributed by atoms with van der Waals surface area (Å²) in [5.41, 5.74) is 0.633. The predicted molar refractivity (Wildman–Crippen MR) is 105 cm³/mol. The number of imidazole rings is 1. The summed E-state index contributed by atoms with van der Waals surface area (Å²) >= 11 is 0. The van der Waals surface area contributed by atoms with E-state index in [-0.39, 0.29) is 17.5 Å². The number of nitrogens with zero attached hydrogens (tertiary/aromatic N) is 2. The summed E-state index contributed by atoms with van der Waals surface area (Å²) in [5, 5.41) is 2.93. The summed E-state index contributed by atoms with van der Waals surface area (Å²) in [6.07, 6.45) is 6.06. The molecule has 0 aliphatic rings. The van der Waals surface area contributed by atoms with Gasteiger partial charge in [0.05, 0.1) is 11.9 Å². The number of amides is 1.